The summed E-state index contributed by atoms with van der Waals surface area (Å²) in [5.41, 5.74) is 2.25. The smallest absolute Gasteiger partial charge is 0.348 e. The molecule has 0 saturated heterocycles. The second-order valence-corrected chi connectivity index (χ2v) is 5.97. The highest BCUT2D eigenvalue weighted by molar-refractivity contribution is 7.12. The summed E-state index contributed by atoms with van der Waals surface area (Å²) >= 11 is 1.05. The Balaban J connectivity index is 1.57. The molecular formula is C18H14N2O4S. The quantitative estimate of drug-likeness (QED) is 0.707. The Bertz CT molecular complexity index is 876. The molecule has 0 bridgehead atoms. The maximum Gasteiger partial charge on any atom is 0.348 e. The summed E-state index contributed by atoms with van der Waals surface area (Å²) in [5.74, 6) is -1.21. The Morgan fingerprint density at radius 1 is 1.08 bits per heavy atom. The van der Waals surface area contributed by atoms with Gasteiger partial charge in [0.15, 0.2) is 6.61 Å². The van der Waals surface area contributed by atoms with Crippen molar-refractivity contribution in [2.75, 3.05) is 11.9 Å². The van der Waals surface area contributed by atoms with Gasteiger partial charge in [0.25, 0.3) is 5.91 Å². The standard InChI is InChI=1S/C18H14N2O4S/c21-15(20-14-8-9-25-17(14)18(22)23)11-24-16-7-6-13(10-19-16)12-4-2-1-3-5-12/h1-10H,11H2,(H,20,21)(H,22,23). The number of carboxylic acids is 1. The minimum atomic E-state index is -1.08. The lowest BCUT2D eigenvalue weighted by molar-refractivity contribution is -0.118. The van der Waals surface area contributed by atoms with Gasteiger partial charge in [-0.3, -0.25) is 4.79 Å². The third-order valence-electron chi connectivity index (χ3n) is 3.33. The summed E-state index contributed by atoms with van der Waals surface area (Å²) in [5, 5.41) is 13.1. The maximum atomic E-state index is 11.9. The lowest BCUT2D eigenvalue weighted by atomic mass is 10.1. The van der Waals surface area contributed by atoms with E-state index >= 15 is 0 Å². The topological polar surface area (TPSA) is 88.5 Å². The highest BCUT2D eigenvalue weighted by atomic mass is 32.1. The fourth-order valence-electron chi connectivity index (χ4n) is 2.17. The van der Waals surface area contributed by atoms with E-state index in [1.165, 1.54) is 0 Å². The zero-order chi connectivity index (χ0) is 17.6. The summed E-state index contributed by atoms with van der Waals surface area (Å²) in [4.78, 5) is 27.2. The number of amides is 1. The number of benzene rings is 1. The van der Waals surface area contributed by atoms with E-state index in [4.69, 9.17) is 9.84 Å². The van der Waals surface area contributed by atoms with Crippen LogP contribution in [0.2, 0.25) is 0 Å². The third-order valence-corrected chi connectivity index (χ3v) is 4.23. The number of carbonyl (C=O) groups excluding carboxylic acids is 1. The van der Waals surface area contributed by atoms with Crippen LogP contribution < -0.4 is 10.1 Å². The van der Waals surface area contributed by atoms with Gasteiger partial charge in [-0.1, -0.05) is 30.3 Å². The number of ether oxygens (including phenoxy) is 1. The van der Waals surface area contributed by atoms with Crippen LogP contribution in [-0.4, -0.2) is 28.6 Å². The van der Waals surface area contributed by atoms with Gasteiger partial charge in [0.05, 0.1) is 5.69 Å². The second kappa shape index (κ2) is 7.59. The van der Waals surface area contributed by atoms with Gasteiger partial charge < -0.3 is 15.2 Å². The van der Waals surface area contributed by atoms with Crippen LogP contribution in [-0.2, 0) is 4.79 Å². The van der Waals surface area contributed by atoms with E-state index in [-0.39, 0.29) is 17.2 Å². The Kier molecular flexibility index (Phi) is 5.06. The molecule has 0 spiro atoms. The van der Waals surface area contributed by atoms with Gasteiger partial charge in [0.2, 0.25) is 5.88 Å². The van der Waals surface area contributed by atoms with Crippen LogP contribution in [0.4, 0.5) is 5.69 Å². The van der Waals surface area contributed by atoms with Crippen molar-refractivity contribution in [2.24, 2.45) is 0 Å². The number of aromatic nitrogens is 1. The first-order chi connectivity index (χ1) is 12.1. The molecule has 7 heteroatoms. The number of thiophene rings is 1. The molecule has 2 heterocycles. The number of rotatable bonds is 6. The van der Waals surface area contributed by atoms with Gasteiger partial charge in [-0.2, -0.15) is 0 Å². The average molecular weight is 354 g/mol. The van der Waals surface area contributed by atoms with E-state index in [9.17, 15) is 9.59 Å². The lowest BCUT2D eigenvalue weighted by Gasteiger charge is -2.07. The van der Waals surface area contributed by atoms with Gasteiger partial charge in [-0.15, -0.1) is 11.3 Å². The van der Waals surface area contributed by atoms with Crippen LogP contribution in [0.25, 0.3) is 11.1 Å². The number of hydrogen-bond acceptors (Lipinski definition) is 5. The van der Waals surface area contributed by atoms with Gasteiger partial charge in [0.1, 0.15) is 4.88 Å². The molecule has 0 atom stereocenters. The van der Waals surface area contributed by atoms with E-state index in [0.717, 1.165) is 22.5 Å². The number of aromatic carboxylic acids is 1. The molecule has 2 aromatic heterocycles. The molecular weight excluding hydrogens is 340 g/mol. The molecule has 3 rings (SSSR count). The van der Waals surface area contributed by atoms with Crippen LogP contribution in [0.1, 0.15) is 9.67 Å². The van der Waals surface area contributed by atoms with Gasteiger partial charge in [-0.25, -0.2) is 9.78 Å². The van der Waals surface area contributed by atoms with Gasteiger partial charge >= 0.3 is 5.97 Å². The number of carbonyl (C=O) groups is 2. The number of carboxylic acid groups (broad SMARTS) is 1. The minimum absolute atomic E-state index is 0.0821. The summed E-state index contributed by atoms with van der Waals surface area (Å²) < 4.78 is 5.34. The highest BCUT2D eigenvalue weighted by Crippen LogP contribution is 2.22. The zero-order valence-electron chi connectivity index (χ0n) is 13.0. The van der Waals surface area contributed by atoms with Crippen LogP contribution in [0, 0.1) is 0 Å². The first-order valence-electron chi connectivity index (χ1n) is 7.38. The molecule has 0 fully saturated rings. The number of anilines is 1. The number of pyridine rings is 1. The van der Waals surface area contributed by atoms with Crippen molar-refractivity contribution in [3.05, 3.63) is 65.0 Å². The molecule has 25 heavy (non-hydrogen) atoms. The molecule has 1 aromatic carbocycles. The van der Waals surface area contributed by atoms with Crippen molar-refractivity contribution in [1.29, 1.82) is 0 Å². The molecule has 0 saturated carbocycles. The van der Waals surface area contributed by atoms with Gasteiger partial charge in [-0.05, 0) is 23.1 Å². The molecule has 3 aromatic rings. The van der Waals surface area contributed by atoms with Crippen molar-refractivity contribution in [2.45, 2.75) is 0 Å². The molecule has 0 aliphatic heterocycles. The van der Waals surface area contributed by atoms with Crippen LogP contribution in [0.15, 0.2) is 60.1 Å². The van der Waals surface area contributed by atoms with Crippen LogP contribution in [0.5, 0.6) is 5.88 Å². The highest BCUT2D eigenvalue weighted by Gasteiger charge is 2.14. The van der Waals surface area contributed by atoms with Gasteiger partial charge in [0, 0.05) is 17.8 Å². The Labute approximate surface area is 147 Å². The van der Waals surface area contributed by atoms with E-state index in [2.05, 4.69) is 10.3 Å². The van der Waals surface area contributed by atoms with Crippen molar-refractivity contribution in [3.63, 3.8) is 0 Å². The molecule has 0 unspecified atom stereocenters. The summed E-state index contributed by atoms with van der Waals surface area (Å²) in [6.07, 6.45) is 1.67. The molecule has 0 aliphatic carbocycles. The van der Waals surface area contributed by atoms with E-state index in [1.54, 1.807) is 23.7 Å². The van der Waals surface area contributed by atoms with Crippen molar-refractivity contribution in [3.8, 4) is 17.0 Å². The largest absolute Gasteiger partial charge is 0.477 e. The lowest BCUT2D eigenvalue weighted by Crippen LogP contribution is -2.21. The second-order valence-electron chi connectivity index (χ2n) is 5.06. The molecule has 1 amide bonds. The SMILES string of the molecule is O=C(COc1ccc(-c2ccccc2)cn1)Nc1ccsc1C(=O)O. The Morgan fingerprint density at radius 3 is 2.56 bits per heavy atom. The maximum absolute atomic E-state index is 11.9. The van der Waals surface area contributed by atoms with Crippen molar-refractivity contribution >= 4 is 28.9 Å². The Hall–Kier alpha value is -3.19. The van der Waals surface area contributed by atoms with E-state index in [1.807, 2.05) is 36.4 Å². The first-order valence-corrected chi connectivity index (χ1v) is 8.26. The molecule has 0 aliphatic rings. The third kappa shape index (κ3) is 4.21. The summed E-state index contributed by atoms with van der Waals surface area (Å²) in [7, 11) is 0. The molecule has 126 valence electrons. The predicted molar refractivity (Wildman–Crippen MR) is 95.1 cm³/mol. The van der Waals surface area contributed by atoms with E-state index in [0.29, 0.717) is 5.88 Å². The predicted octanol–water partition coefficient (Wildman–Crippen LogP) is 3.53. The number of nitrogens with one attached hydrogen (secondary N) is 1. The summed E-state index contributed by atoms with van der Waals surface area (Å²) in [6, 6.07) is 14.9. The zero-order valence-corrected chi connectivity index (χ0v) is 13.8. The molecule has 6 nitrogen and oxygen atoms in total. The number of nitrogens with zero attached hydrogens (tertiary/aromatic N) is 1. The van der Waals surface area contributed by atoms with Crippen molar-refractivity contribution < 1.29 is 19.4 Å². The van der Waals surface area contributed by atoms with Crippen LogP contribution >= 0.6 is 11.3 Å². The van der Waals surface area contributed by atoms with E-state index < -0.39 is 11.9 Å². The molecule has 0 radical (unpaired) electrons. The average Bonchev–Trinajstić information content (AvgIpc) is 3.09. The van der Waals surface area contributed by atoms with Crippen LogP contribution in [0.3, 0.4) is 0 Å². The minimum Gasteiger partial charge on any atom is -0.477 e. The first kappa shape index (κ1) is 16.7. The molecule has 2 N–H and O–H groups in total. The summed E-state index contributed by atoms with van der Waals surface area (Å²) in [6.45, 7) is -0.257. The Morgan fingerprint density at radius 2 is 1.88 bits per heavy atom. The van der Waals surface area contributed by atoms with Crippen molar-refractivity contribution in [1.82, 2.24) is 4.98 Å². The monoisotopic (exact) mass is 354 g/mol. The normalized spacial score (nSPS) is 10.2. The fraction of sp³-hybridized carbons (Fsp3) is 0.0556. The fourth-order valence-corrected chi connectivity index (χ4v) is 2.85. The number of hydrogen-bond donors (Lipinski definition) is 2.